The molecule has 0 aliphatic heterocycles. The second-order valence-corrected chi connectivity index (χ2v) is 3.73. The molecule has 0 bridgehead atoms. The summed E-state index contributed by atoms with van der Waals surface area (Å²) < 4.78 is 0. The first-order valence-electron chi connectivity index (χ1n) is 5.54. The van der Waals surface area contributed by atoms with E-state index in [1.54, 1.807) is 12.1 Å². The second-order valence-electron chi connectivity index (χ2n) is 3.73. The Balaban J connectivity index is 2.68. The number of nitrogens with zero attached hydrogens (tertiary/aromatic N) is 1. The largest absolute Gasteiger partial charge is 0.481 e. The van der Waals surface area contributed by atoms with Crippen molar-refractivity contribution in [3.63, 3.8) is 0 Å². The fraction of sp³-hybridized carbons (Fsp3) is 0.417. The summed E-state index contributed by atoms with van der Waals surface area (Å²) in [7, 11) is 0. The van der Waals surface area contributed by atoms with Crippen LogP contribution in [0.15, 0.2) is 24.5 Å². The van der Waals surface area contributed by atoms with E-state index in [1.807, 2.05) is 6.92 Å². The molecule has 0 aromatic carbocycles. The molecule has 0 saturated carbocycles. The molecule has 1 aromatic rings. The Hall–Kier alpha value is -1.91. The van der Waals surface area contributed by atoms with Gasteiger partial charge in [0.05, 0.1) is 5.92 Å². The third kappa shape index (κ3) is 4.22. The molecular weight excluding hydrogens is 220 g/mol. The van der Waals surface area contributed by atoms with Crippen LogP contribution in [-0.4, -0.2) is 28.5 Å². The van der Waals surface area contributed by atoms with E-state index in [9.17, 15) is 9.59 Å². The van der Waals surface area contributed by atoms with E-state index in [4.69, 9.17) is 5.11 Å². The Labute approximate surface area is 99.9 Å². The molecule has 0 radical (unpaired) electrons. The van der Waals surface area contributed by atoms with Crippen molar-refractivity contribution < 1.29 is 14.7 Å². The minimum Gasteiger partial charge on any atom is -0.481 e. The van der Waals surface area contributed by atoms with Gasteiger partial charge in [0.15, 0.2) is 0 Å². The number of rotatable bonds is 6. The van der Waals surface area contributed by atoms with E-state index in [-0.39, 0.29) is 12.3 Å². The number of carboxylic acids is 1. The van der Waals surface area contributed by atoms with Crippen molar-refractivity contribution in [2.45, 2.75) is 25.7 Å². The van der Waals surface area contributed by atoms with Crippen LogP contribution in [0.25, 0.3) is 0 Å². The minimum absolute atomic E-state index is 0.0423. The summed E-state index contributed by atoms with van der Waals surface area (Å²) in [5.74, 6) is -2.05. The number of hydrogen-bond donors (Lipinski definition) is 2. The van der Waals surface area contributed by atoms with Crippen LogP contribution < -0.4 is 5.32 Å². The van der Waals surface area contributed by atoms with Crippen LogP contribution in [0.1, 0.15) is 31.2 Å². The van der Waals surface area contributed by atoms with Gasteiger partial charge in [-0.2, -0.15) is 0 Å². The molecule has 0 fully saturated rings. The maximum atomic E-state index is 11.5. The van der Waals surface area contributed by atoms with E-state index in [0.29, 0.717) is 12.1 Å². The van der Waals surface area contributed by atoms with Gasteiger partial charge < -0.3 is 10.4 Å². The van der Waals surface area contributed by atoms with Crippen LogP contribution in [0, 0.1) is 0 Å². The predicted octanol–water partition coefficient (Wildman–Crippen LogP) is 1.17. The lowest BCUT2D eigenvalue weighted by atomic mass is 9.96. The first-order valence-corrected chi connectivity index (χ1v) is 5.54. The molecule has 1 atom stereocenters. The van der Waals surface area contributed by atoms with Crippen LogP contribution in [0.2, 0.25) is 0 Å². The molecule has 0 saturated heterocycles. The maximum absolute atomic E-state index is 11.5. The highest BCUT2D eigenvalue weighted by Gasteiger charge is 2.22. The molecule has 5 heteroatoms. The number of pyridine rings is 1. The molecule has 0 spiro atoms. The summed E-state index contributed by atoms with van der Waals surface area (Å²) in [6.45, 7) is 2.51. The molecule has 1 amide bonds. The van der Waals surface area contributed by atoms with Crippen molar-refractivity contribution in [1.29, 1.82) is 0 Å². The zero-order valence-electron chi connectivity index (χ0n) is 9.72. The Morgan fingerprint density at radius 1 is 1.41 bits per heavy atom. The number of aromatic nitrogens is 1. The Kier molecular flexibility index (Phi) is 5.13. The molecule has 1 unspecified atom stereocenters. The van der Waals surface area contributed by atoms with Gasteiger partial charge in [0.2, 0.25) is 5.91 Å². The van der Waals surface area contributed by atoms with Gasteiger partial charge in [0, 0.05) is 25.4 Å². The molecule has 5 nitrogen and oxygen atoms in total. The van der Waals surface area contributed by atoms with Crippen molar-refractivity contribution in [2.75, 3.05) is 6.54 Å². The summed E-state index contributed by atoms with van der Waals surface area (Å²) in [5.41, 5.74) is 0.596. The van der Waals surface area contributed by atoms with Crippen LogP contribution >= 0.6 is 0 Å². The third-order valence-corrected chi connectivity index (χ3v) is 2.37. The van der Waals surface area contributed by atoms with Gasteiger partial charge in [-0.25, -0.2) is 0 Å². The maximum Gasteiger partial charge on any atom is 0.311 e. The van der Waals surface area contributed by atoms with Crippen molar-refractivity contribution in [3.05, 3.63) is 30.1 Å². The summed E-state index contributed by atoms with van der Waals surface area (Å²) >= 11 is 0. The van der Waals surface area contributed by atoms with Gasteiger partial charge >= 0.3 is 5.97 Å². The molecule has 1 aromatic heterocycles. The number of carbonyl (C=O) groups excluding carboxylic acids is 1. The lowest BCUT2D eigenvalue weighted by molar-refractivity contribution is -0.140. The van der Waals surface area contributed by atoms with Gasteiger partial charge in [-0.1, -0.05) is 6.92 Å². The number of hydrogen-bond acceptors (Lipinski definition) is 3. The molecular formula is C12H16N2O3. The summed E-state index contributed by atoms with van der Waals surface area (Å²) in [6.07, 6.45) is 3.84. The van der Waals surface area contributed by atoms with Crippen molar-refractivity contribution >= 4 is 11.9 Å². The van der Waals surface area contributed by atoms with E-state index >= 15 is 0 Å². The minimum atomic E-state index is -0.997. The molecule has 1 rings (SSSR count). The number of aliphatic carboxylic acids is 1. The van der Waals surface area contributed by atoms with Gasteiger partial charge in [-0.05, 0) is 24.1 Å². The van der Waals surface area contributed by atoms with E-state index in [0.717, 1.165) is 6.42 Å². The Morgan fingerprint density at radius 2 is 2.06 bits per heavy atom. The first kappa shape index (κ1) is 13.2. The molecule has 0 aliphatic rings. The molecule has 0 aliphatic carbocycles. The van der Waals surface area contributed by atoms with Crippen molar-refractivity contribution in [3.8, 4) is 0 Å². The third-order valence-electron chi connectivity index (χ3n) is 2.37. The van der Waals surface area contributed by atoms with Crippen molar-refractivity contribution in [1.82, 2.24) is 10.3 Å². The van der Waals surface area contributed by atoms with E-state index in [1.165, 1.54) is 12.4 Å². The number of carboxylic acid groups (broad SMARTS) is 1. The van der Waals surface area contributed by atoms with Crippen LogP contribution in [0.3, 0.4) is 0 Å². The fourth-order valence-electron chi connectivity index (χ4n) is 1.47. The van der Waals surface area contributed by atoms with Crippen LogP contribution in [0.5, 0.6) is 0 Å². The standard InChI is InChI=1S/C12H16N2O3/c1-2-5-14-11(15)8-10(12(16)17)9-3-6-13-7-4-9/h3-4,6-7,10H,2,5,8H2,1H3,(H,14,15)(H,16,17). The summed E-state index contributed by atoms with van der Waals surface area (Å²) in [6, 6.07) is 3.23. The van der Waals surface area contributed by atoms with Gasteiger partial charge in [0.1, 0.15) is 0 Å². The Morgan fingerprint density at radius 3 is 2.59 bits per heavy atom. The summed E-state index contributed by atoms with van der Waals surface area (Å²) in [4.78, 5) is 26.4. The van der Waals surface area contributed by atoms with Crippen LogP contribution in [0.4, 0.5) is 0 Å². The smallest absolute Gasteiger partial charge is 0.311 e. The van der Waals surface area contributed by atoms with Crippen LogP contribution in [-0.2, 0) is 9.59 Å². The predicted molar refractivity (Wildman–Crippen MR) is 62.5 cm³/mol. The number of nitrogens with one attached hydrogen (secondary N) is 1. The second kappa shape index (κ2) is 6.62. The lowest BCUT2D eigenvalue weighted by Gasteiger charge is -2.12. The van der Waals surface area contributed by atoms with Gasteiger partial charge in [0.25, 0.3) is 0 Å². The fourth-order valence-corrected chi connectivity index (χ4v) is 1.47. The van der Waals surface area contributed by atoms with Gasteiger partial charge in [-0.15, -0.1) is 0 Å². The monoisotopic (exact) mass is 236 g/mol. The quantitative estimate of drug-likeness (QED) is 0.777. The number of carbonyl (C=O) groups is 2. The molecule has 1 heterocycles. The normalized spacial score (nSPS) is 11.8. The highest BCUT2D eigenvalue weighted by Crippen LogP contribution is 2.18. The first-order chi connectivity index (χ1) is 8.15. The lowest BCUT2D eigenvalue weighted by Crippen LogP contribution is -2.27. The SMILES string of the molecule is CCCNC(=O)CC(C(=O)O)c1ccncc1. The molecule has 92 valence electrons. The highest BCUT2D eigenvalue weighted by molar-refractivity contribution is 5.85. The average molecular weight is 236 g/mol. The zero-order chi connectivity index (χ0) is 12.7. The topological polar surface area (TPSA) is 79.3 Å². The summed E-state index contributed by atoms with van der Waals surface area (Å²) in [5, 5.41) is 11.8. The molecule has 17 heavy (non-hydrogen) atoms. The highest BCUT2D eigenvalue weighted by atomic mass is 16.4. The van der Waals surface area contributed by atoms with E-state index < -0.39 is 11.9 Å². The Bertz CT molecular complexity index is 379. The number of amides is 1. The van der Waals surface area contributed by atoms with E-state index in [2.05, 4.69) is 10.3 Å². The zero-order valence-corrected chi connectivity index (χ0v) is 9.72. The average Bonchev–Trinajstić information content (AvgIpc) is 2.34. The van der Waals surface area contributed by atoms with Gasteiger partial charge in [-0.3, -0.25) is 14.6 Å². The molecule has 2 N–H and O–H groups in total. The van der Waals surface area contributed by atoms with Crippen molar-refractivity contribution in [2.24, 2.45) is 0 Å².